The summed E-state index contributed by atoms with van der Waals surface area (Å²) >= 11 is 12.2. The first-order chi connectivity index (χ1) is 11.5. The number of nitrogens with two attached hydrogens (primary N) is 1. The van der Waals surface area contributed by atoms with Gasteiger partial charge in [0.05, 0.1) is 16.8 Å². The van der Waals surface area contributed by atoms with Gasteiger partial charge < -0.3 is 15.8 Å². The number of nitrogens with one attached hydrogen (secondary N) is 1. The van der Waals surface area contributed by atoms with E-state index < -0.39 is 5.82 Å². The number of halogens is 2. The summed E-state index contributed by atoms with van der Waals surface area (Å²) in [5.74, 6) is -0.626. The van der Waals surface area contributed by atoms with Crippen LogP contribution in [0.5, 0.6) is 0 Å². The average Bonchev–Trinajstić information content (AvgIpc) is 3.16. The van der Waals surface area contributed by atoms with Crippen LogP contribution >= 0.6 is 35.2 Å². The van der Waals surface area contributed by atoms with Crippen molar-refractivity contribution in [2.24, 2.45) is 0 Å². The van der Waals surface area contributed by atoms with E-state index in [9.17, 15) is 9.18 Å². The normalized spacial score (nSPS) is 17.2. The lowest BCUT2D eigenvalue weighted by molar-refractivity contribution is 0.0861. The Balaban J connectivity index is 1.84. The summed E-state index contributed by atoms with van der Waals surface area (Å²) in [5, 5.41) is 2.78. The Kier molecular flexibility index (Phi) is 5.19. The molecule has 1 atom stereocenters. The topological polar surface area (TPSA) is 69.3 Å². The highest BCUT2D eigenvalue weighted by atomic mass is 35.5. The number of carbonyl (C=O) groups excluding carboxylic acids is 1. The Bertz CT molecular complexity index is 831. The second kappa shape index (κ2) is 7.18. The molecule has 2 heterocycles. The maximum absolute atomic E-state index is 13.3. The minimum atomic E-state index is -0.532. The number of hydrogen-bond donors (Lipinski definition) is 2. The molecular formula is C15H15ClFN3O2S2. The van der Waals surface area contributed by atoms with E-state index in [0.29, 0.717) is 21.1 Å². The van der Waals surface area contributed by atoms with E-state index in [1.165, 1.54) is 22.8 Å². The Hall–Kier alpha value is -1.48. The average molecular weight is 388 g/mol. The molecule has 1 unspecified atom stereocenters. The van der Waals surface area contributed by atoms with Gasteiger partial charge >= 0.3 is 0 Å². The van der Waals surface area contributed by atoms with Crippen molar-refractivity contribution in [3.63, 3.8) is 0 Å². The molecule has 0 radical (unpaired) electrons. The Morgan fingerprint density at radius 2 is 2.38 bits per heavy atom. The monoisotopic (exact) mass is 387 g/mol. The molecule has 1 aliphatic rings. The molecule has 1 amide bonds. The van der Waals surface area contributed by atoms with Crippen LogP contribution in [0.25, 0.3) is 5.69 Å². The molecule has 128 valence electrons. The fourth-order valence-corrected chi connectivity index (χ4v) is 3.97. The van der Waals surface area contributed by atoms with Crippen LogP contribution in [0.15, 0.2) is 18.2 Å². The van der Waals surface area contributed by atoms with Gasteiger partial charge in [0.2, 0.25) is 0 Å². The molecule has 0 saturated carbocycles. The molecule has 1 aromatic heterocycles. The third-order valence-electron chi connectivity index (χ3n) is 3.73. The van der Waals surface area contributed by atoms with Crippen molar-refractivity contribution in [1.82, 2.24) is 9.88 Å². The van der Waals surface area contributed by atoms with E-state index in [-0.39, 0.29) is 22.9 Å². The van der Waals surface area contributed by atoms with E-state index in [4.69, 9.17) is 34.3 Å². The van der Waals surface area contributed by atoms with E-state index >= 15 is 0 Å². The molecule has 2 aromatic rings. The van der Waals surface area contributed by atoms with Gasteiger partial charge in [-0.15, -0.1) is 0 Å². The van der Waals surface area contributed by atoms with Gasteiger partial charge in [-0.1, -0.05) is 22.9 Å². The number of anilines is 1. The van der Waals surface area contributed by atoms with Crippen molar-refractivity contribution in [2.75, 3.05) is 18.9 Å². The van der Waals surface area contributed by atoms with Crippen molar-refractivity contribution in [1.29, 1.82) is 0 Å². The maximum Gasteiger partial charge on any atom is 0.265 e. The smallest absolute Gasteiger partial charge is 0.265 e. The molecule has 3 rings (SSSR count). The zero-order chi connectivity index (χ0) is 17.3. The summed E-state index contributed by atoms with van der Waals surface area (Å²) in [6, 6.07) is 4.16. The predicted octanol–water partition coefficient (Wildman–Crippen LogP) is 3.55. The van der Waals surface area contributed by atoms with E-state index in [1.54, 1.807) is 0 Å². The molecule has 1 aliphatic heterocycles. The second-order valence-electron chi connectivity index (χ2n) is 5.36. The number of thiazole rings is 1. The van der Waals surface area contributed by atoms with Gasteiger partial charge in [0.1, 0.15) is 16.5 Å². The zero-order valence-corrected chi connectivity index (χ0v) is 14.9. The number of nitrogen functional groups attached to an aromatic ring is 1. The molecule has 1 saturated heterocycles. The summed E-state index contributed by atoms with van der Waals surface area (Å²) in [6.07, 6.45) is 1.98. The lowest BCUT2D eigenvalue weighted by atomic mass is 10.2. The maximum atomic E-state index is 13.3. The predicted molar refractivity (Wildman–Crippen MR) is 95.2 cm³/mol. The fourth-order valence-electron chi connectivity index (χ4n) is 2.51. The van der Waals surface area contributed by atoms with Gasteiger partial charge in [-0.2, -0.15) is 0 Å². The summed E-state index contributed by atoms with van der Waals surface area (Å²) in [4.78, 5) is 12.7. The van der Waals surface area contributed by atoms with Crippen molar-refractivity contribution >= 4 is 46.9 Å². The quantitative estimate of drug-likeness (QED) is 0.787. The molecule has 1 fully saturated rings. The number of benzene rings is 1. The standard InChI is InChI=1S/C15H15ClFN3O2S2/c16-10-6-8(3-4-11(10)17)20-13(18)12(24-15(20)23)14(21)19-7-9-2-1-5-22-9/h3-4,6,9H,1-2,5,7,18H2,(H,19,21). The van der Waals surface area contributed by atoms with Crippen LogP contribution in [0.4, 0.5) is 10.2 Å². The highest BCUT2D eigenvalue weighted by Crippen LogP contribution is 2.28. The van der Waals surface area contributed by atoms with Gasteiger partial charge in [0, 0.05) is 13.2 Å². The van der Waals surface area contributed by atoms with Gasteiger partial charge in [-0.25, -0.2) is 4.39 Å². The van der Waals surface area contributed by atoms with Crippen LogP contribution in [-0.4, -0.2) is 29.7 Å². The fraction of sp³-hybridized carbons (Fsp3) is 0.333. The molecule has 3 N–H and O–H groups in total. The minimum Gasteiger partial charge on any atom is -0.383 e. The van der Waals surface area contributed by atoms with Crippen LogP contribution in [0.3, 0.4) is 0 Å². The zero-order valence-electron chi connectivity index (χ0n) is 12.6. The van der Waals surface area contributed by atoms with Gasteiger partial charge in [-0.05, 0) is 43.3 Å². The number of nitrogens with zero attached hydrogens (tertiary/aromatic N) is 1. The molecule has 5 nitrogen and oxygen atoms in total. The number of amides is 1. The molecule has 9 heteroatoms. The van der Waals surface area contributed by atoms with Crippen molar-refractivity contribution in [2.45, 2.75) is 18.9 Å². The van der Waals surface area contributed by atoms with Crippen LogP contribution < -0.4 is 11.1 Å². The molecule has 0 spiro atoms. The molecule has 0 bridgehead atoms. The number of carbonyl (C=O) groups is 1. The molecule has 0 aliphatic carbocycles. The number of ether oxygens (including phenoxy) is 1. The van der Waals surface area contributed by atoms with Crippen molar-refractivity contribution in [3.8, 4) is 5.69 Å². The molecule has 24 heavy (non-hydrogen) atoms. The minimum absolute atomic E-state index is 0.0376. The SMILES string of the molecule is Nc1c(C(=O)NCC2CCCO2)sc(=S)n1-c1ccc(F)c(Cl)c1. The third-order valence-corrected chi connectivity index (χ3v) is 5.41. The first-order valence-corrected chi connectivity index (χ1v) is 8.94. The van der Waals surface area contributed by atoms with Gasteiger partial charge in [-0.3, -0.25) is 9.36 Å². The summed E-state index contributed by atoms with van der Waals surface area (Å²) in [7, 11) is 0. The van der Waals surface area contributed by atoms with E-state index in [0.717, 1.165) is 30.8 Å². The first kappa shape index (κ1) is 17.3. The number of rotatable bonds is 4. The summed E-state index contributed by atoms with van der Waals surface area (Å²) in [6.45, 7) is 1.16. The molecular weight excluding hydrogens is 373 g/mol. The Morgan fingerprint density at radius 3 is 3.04 bits per heavy atom. The van der Waals surface area contributed by atoms with Crippen LogP contribution in [-0.2, 0) is 4.74 Å². The highest BCUT2D eigenvalue weighted by Gasteiger charge is 2.21. The Morgan fingerprint density at radius 1 is 1.58 bits per heavy atom. The van der Waals surface area contributed by atoms with Gasteiger partial charge in [0.15, 0.2) is 3.95 Å². The van der Waals surface area contributed by atoms with Crippen LogP contribution in [0, 0.1) is 9.77 Å². The Labute approximate surface area is 152 Å². The number of hydrogen-bond acceptors (Lipinski definition) is 5. The van der Waals surface area contributed by atoms with Crippen molar-refractivity contribution < 1.29 is 13.9 Å². The lowest BCUT2D eigenvalue weighted by Crippen LogP contribution is -2.31. The van der Waals surface area contributed by atoms with Crippen LogP contribution in [0.2, 0.25) is 5.02 Å². The first-order valence-electron chi connectivity index (χ1n) is 7.34. The molecule has 1 aromatic carbocycles. The van der Waals surface area contributed by atoms with Crippen molar-refractivity contribution in [3.05, 3.63) is 37.9 Å². The highest BCUT2D eigenvalue weighted by molar-refractivity contribution is 7.73. The lowest BCUT2D eigenvalue weighted by Gasteiger charge is -2.11. The van der Waals surface area contributed by atoms with Gasteiger partial charge in [0.25, 0.3) is 5.91 Å². The number of aromatic nitrogens is 1. The van der Waals surface area contributed by atoms with Crippen LogP contribution in [0.1, 0.15) is 22.5 Å². The largest absolute Gasteiger partial charge is 0.383 e. The second-order valence-corrected chi connectivity index (χ2v) is 7.41. The van der Waals surface area contributed by atoms with E-state index in [2.05, 4.69) is 5.32 Å². The summed E-state index contributed by atoms with van der Waals surface area (Å²) < 4.78 is 20.7. The summed E-state index contributed by atoms with van der Waals surface area (Å²) in [5.41, 5.74) is 6.60. The van der Waals surface area contributed by atoms with E-state index in [1.807, 2.05) is 0 Å². The third kappa shape index (κ3) is 3.46.